The van der Waals surface area contributed by atoms with E-state index in [1.54, 1.807) is 24.7 Å². The third-order valence-electron chi connectivity index (χ3n) is 4.09. The highest BCUT2D eigenvalue weighted by molar-refractivity contribution is 5.92. The molecule has 23 heavy (non-hydrogen) atoms. The minimum Gasteiger partial charge on any atom is -0.373 e. The normalized spacial score (nSPS) is 17.6. The lowest BCUT2D eigenvalue weighted by atomic mass is 10.1. The zero-order valence-corrected chi connectivity index (χ0v) is 13.1. The molecule has 5 heteroatoms. The fraction of sp³-hybridized carbons (Fsp3) is 0.278. The summed E-state index contributed by atoms with van der Waals surface area (Å²) in [6.07, 6.45) is 10.7. The highest BCUT2D eigenvalue weighted by atomic mass is 16.2. The van der Waals surface area contributed by atoms with Crippen LogP contribution < -0.4 is 5.32 Å². The second-order valence-corrected chi connectivity index (χ2v) is 5.53. The summed E-state index contributed by atoms with van der Waals surface area (Å²) in [6.45, 7) is 0.793. The van der Waals surface area contributed by atoms with Crippen molar-refractivity contribution >= 4 is 17.8 Å². The smallest absolute Gasteiger partial charge is 0.247 e. The summed E-state index contributed by atoms with van der Waals surface area (Å²) in [7, 11) is 1.85. The van der Waals surface area contributed by atoms with Crippen LogP contribution in [0.25, 0.3) is 6.08 Å². The monoisotopic (exact) mass is 308 g/mol. The Kier molecular flexibility index (Phi) is 4.66. The van der Waals surface area contributed by atoms with E-state index in [0.29, 0.717) is 0 Å². The zero-order valence-electron chi connectivity index (χ0n) is 13.1. The van der Waals surface area contributed by atoms with E-state index in [1.165, 1.54) is 0 Å². The van der Waals surface area contributed by atoms with Crippen LogP contribution in [0.5, 0.6) is 0 Å². The number of carbonyl (C=O) groups excluding carboxylic acids is 1. The fourth-order valence-electron chi connectivity index (χ4n) is 2.91. The van der Waals surface area contributed by atoms with Crippen LogP contribution in [0.15, 0.2) is 48.9 Å². The molecule has 1 aliphatic heterocycles. The van der Waals surface area contributed by atoms with Crippen LogP contribution in [0.3, 0.4) is 0 Å². The van der Waals surface area contributed by atoms with Gasteiger partial charge in [-0.3, -0.25) is 9.78 Å². The number of hydrogen-bond acceptors (Lipinski definition) is 4. The van der Waals surface area contributed by atoms with Gasteiger partial charge in [-0.05, 0) is 54.3 Å². The third kappa shape index (κ3) is 3.56. The molecule has 118 valence electrons. The molecule has 3 heterocycles. The van der Waals surface area contributed by atoms with Crippen molar-refractivity contribution < 1.29 is 4.79 Å². The SMILES string of the molecule is CNc1cc(C2CCCN2C(=O)C=Cc2ccncc2)ccn1. The second kappa shape index (κ2) is 7.05. The Morgan fingerprint density at radius 2 is 2.13 bits per heavy atom. The van der Waals surface area contributed by atoms with Gasteiger partial charge in [0.25, 0.3) is 0 Å². The molecule has 1 N–H and O–H groups in total. The maximum absolute atomic E-state index is 12.5. The van der Waals surface area contributed by atoms with Gasteiger partial charge < -0.3 is 10.2 Å². The Morgan fingerprint density at radius 1 is 1.30 bits per heavy atom. The first-order chi connectivity index (χ1) is 11.3. The average molecular weight is 308 g/mol. The van der Waals surface area contributed by atoms with Gasteiger partial charge in [0.2, 0.25) is 5.91 Å². The lowest BCUT2D eigenvalue weighted by molar-refractivity contribution is -0.126. The number of pyridine rings is 2. The number of carbonyl (C=O) groups is 1. The molecule has 0 radical (unpaired) electrons. The molecule has 1 amide bonds. The fourth-order valence-corrected chi connectivity index (χ4v) is 2.91. The van der Waals surface area contributed by atoms with Gasteiger partial charge in [-0.2, -0.15) is 0 Å². The van der Waals surface area contributed by atoms with Gasteiger partial charge in [0, 0.05) is 38.3 Å². The minimum absolute atomic E-state index is 0.0483. The number of nitrogens with zero attached hydrogens (tertiary/aromatic N) is 3. The van der Waals surface area contributed by atoms with E-state index >= 15 is 0 Å². The summed E-state index contributed by atoms with van der Waals surface area (Å²) in [6, 6.07) is 7.90. The van der Waals surface area contributed by atoms with Gasteiger partial charge in [-0.1, -0.05) is 0 Å². The molecule has 0 aliphatic carbocycles. The van der Waals surface area contributed by atoms with Crippen LogP contribution in [0.1, 0.15) is 30.0 Å². The summed E-state index contributed by atoms with van der Waals surface area (Å²) < 4.78 is 0. The molecule has 0 aromatic carbocycles. The van der Waals surface area contributed by atoms with Crippen molar-refractivity contribution in [2.24, 2.45) is 0 Å². The van der Waals surface area contributed by atoms with Crippen LogP contribution >= 0.6 is 0 Å². The largest absolute Gasteiger partial charge is 0.373 e. The molecule has 1 atom stereocenters. The van der Waals surface area contributed by atoms with Crippen LogP contribution in [0.4, 0.5) is 5.82 Å². The lowest BCUT2D eigenvalue weighted by Gasteiger charge is -2.24. The number of likely N-dealkylation sites (tertiary alicyclic amines) is 1. The average Bonchev–Trinajstić information content (AvgIpc) is 3.10. The number of nitrogens with one attached hydrogen (secondary N) is 1. The molecule has 2 aromatic heterocycles. The first-order valence-corrected chi connectivity index (χ1v) is 7.80. The Bertz CT molecular complexity index is 699. The maximum Gasteiger partial charge on any atom is 0.247 e. The van der Waals surface area contributed by atoms with Crippen LogP contribution in [0.2, 0.25) is 0 Å². The number of amides is 1. The van der Waals surface area contributed by atoms with E-state index in [4.69, 9.17) is 0 Å². The van der Waals surface area contributed by atoms with Gasteiger partial charge in [-0.25, -0.2) is 4.98 Å². The van der Waals surface area contributed by atoms with Gasteiger partial charge in [0.15, 0.2) is 0 Å². The second-order valence-electron chi connectivity index (χ2n) is 5.53. The van der Waals surface area contributed by atoms with Crippen molar-refractivity contribution in [1.82, 2.24) is 14.9 Å². The molecule has 0 spiro atoms. The van der Waals surface area contributed by atoms with Crippen LogP contribution in [-0.4, -0.2) is 34.4 Å². The van der Waals surface area contributed by atoms with E-state index in [1.807, 2.05) is 42.3 Å². The highest BCUT2D eigenvalue weighted by Crippen LogP contribution is 2.32. The zero-order chi connectivity index (χ0) is 16.1. The predicted molar refractivity (Wildman–Crippen MR) is 90.7 cm³/mol. The predicted octanol–water partition coefficient (Wildman–Crippen LogP) is 2.90. The summed E-state index contributed by atoms with van der Waals surface area (Å²) in [5, 5.41) is 3.05. The minimum atomic E-state index is 0.0483. The van der Waals surface area contributed by atoms with Gasteiger partial charge in [0.1, 0.15) is 5.82 Å². The summed E-state index contributed by atoms with van der Waals surface area (Å²) in [4.78, 5) is 22.7. The number of rotatable bonds is 4. The molecular formula is C18H20N4O. The first kappa shape index (κ1) is 15.2. The molecule has 0 saturated carbocycles. The molecule has 2 aromatic rings. The quantitative estimate of drug-likeness (QED) is 0.882. The molecule has 1 aliphatic rings. The van der Waals surface area contributed by atoms with Crippen molar-refractivity contribution in [3.05, 3.63) is 60.1 Å². The summed E-state index contributed by atoms with van der Waals surface area (Å²) >= 11 is 0. The Balaban J connectivity index is 1.75. The summed E-state index contributed by atoms with van der Waals surface area (Å²) in [5.74, 6) is 0.876. The van der Waals surface area contributed by atoms with E-state index in [9.17, 15) is 4.79 Å². The van der Waals surface area contributed by atoms with Crippen LogP contribution in [0, 0.1) is 0 Å². The first-order valence-electron chi connectivity index (χ1n) is 7.80. The topological polar surface area (TPSA) is 58.1 Å². The number of hydrogen-bond donors (Lipinski definition) is 1. The van der Waals surface area contributed by atoms with Gasteiger partial charge in [0.05, 0.1) is 6.04 Å². The van der Waals surface area contributed by atoms with Crippen molar-refractivity contribution in [3.63, 3.8) is 0 Å². The Morgan fingerprint density at radius 3 is 2.91 bits per heavy atom. The molecular weight excluding hydrogens is 288 g/mol. The molecule has 5 nitrogen and oxygen atoms in total. The summed E-state index contributed by atoms with van der Waals surface area (Å²) in [5.41, 5.74) is 2.11. The van der Waals surface area contributed by atoms with E-state index < -0.39 is 0 Å². The number of aromatic nitrogens is 2. The van der Waals surface area contributed by atoms with E-state index in [2.05, 4.69) is 15.3 Å². The van der Waals surface area contributed by atoms with Crippen molar-refractivity contribution in [2.75, 3.05) is 18.9 Å². The Hall–Kier alpha value is -2.69. The third-order valence-corrected chi connectivity index (χ3v) is 4.09. The number of anilines is 1. The van der Waals surface area contributed by atoms with Gasteiger partial charge >= 0.3 is 0 Å². The molecule has 1 unspecified atom stereocenters. The van der Waals surface area contributed by atoms with Crippen molar-refractivity contribution in [2.45, 2.75) is 18.9 Å². The standard InChI is InChI=1S/C18H20N4O/c1-19-17-13-15(8-11-21-17)16-3-2-12-22(16)18(23)5-4-14-6-9-20-10-7-14/h4-11,13,16H,2-3,12H2,1H3,(H,19,21). The molecule has 1 fully saturated rings. The lowest BCUT2D eigenvalue weighted by Crippen LogP contribution is -2.28. The Labute approximate surface area is 136 Å². The van der Waals surface area contributed by atoms with Crippen LogP contribution in [-0.2, 0) is 4.79 Å². The van der Waals surface area contributed by atoms with Gasteiger partial charge in [-0.15, -0.1) is 0 Å². The highest BCUT2D eigenvalue weighted by Gasteiger charge is 2.28. The molecule has 3 rings (SSSR count). The van der Waals surface area contributed by atoms with E-state index in [0.717, 1.165) is 36.3 Å². The van der Waals surface area contributed by atoms with E-state index in [-0.39, 0.29) is 11.9 Å². The van der Waals surface area contributed by atoms with Crippen molar-refractivity contribution in [1.29, 1.82) is 0 Å². The maximum atomic E-state index is 12.5. The molecule has 1 saturated heterocycles. The molecule has 0 bridgehead atoms. The van der Waals surface area contributed by atoms with Crippen molar-refractivity contribution in [3.8, 4) is 0 Å².